The molecule has 1 aliphatic heterocycles. The van der Waals surface area contributed by atoms with Gasteiger partial charge in [0.1, 0.15) is 0 Å². The lowest BCUT2D eigenvalue weighted by Crippen LogP contribution is -2.44. The largest absolute Gasteiger partial charge is 0.393 e. The Kier molecular flexibility index (Phi) is 5.30. The van der Waals surface area contributed by atoms with E-state index < -0.39 is 0 Å². The number of likely N-dealkylation sites (N-methyl/N-ethyl adjacent to an activating group) is 1. The number of amides is 1. The minimum Gasteiger partial charge on any atom is -0.393 e. The predicted octanol–water partition coefficient (Wildman–Crippen LogP) is 0.608. The first-order valence-corrected chi connectivity index (χ1v) is 7.42. The van der Waals surface area contributed by atoms with E-state index in [2.05, 4.69) is 10.1 Å². The molecule has 0 aromatic carbocycles. The maximum Gasteiger partial charge on any atom is 0.236 e. The summed E-state index contributed by atoms with van der Waals surface area (Å²) in [6.07, 6.45) is 1.07. The molecule has 1 N–H and O–H groups in total. The number of carbonyl (C=O) groups excluding carboxylic acids is 1. The summed E-state index contributed by atoms with van der Waals surface area (Å²) in [7, 11) is 1.86. The lowest BCUT2D eigenvalue weighted by molar-refractivity contribution is -0.134. The number of piperidine rings is 1. The summed E-state index contributed by atoms with van der Waals surface area (Å²) >= 11 is 0. The summed E-state index contributed by atoms with van der Waals surface area (Å²) in [6, 6.07) is 0. The van der Waals surface area contributed by atoms with Crippen LogP contribution < -0.4 is 0 Å². The van der Waals surface area contributed by atoms with Crippen molar-refractivity contribution in [3.63, 3.8) is 0 Å². The number of aliphatic hydroxyl groups is 1. The van der Waals surface area contributed by atoms with Crippen LogP contribution in [0, 0.1) is 0 Å². The first kappa shape index (κ1) is 15.9. The molecule has 1 amide bonds. The molecular formula is C14H24N4O3. The molecule has 1 aliphatic rings. The quantitative estimate of drug-likeness (QED) is 0.857. The number of carbonyl (C=O) groups is 1. The first-order valence-electron chi connectivity index (χ1n) is 7.42. The molecule has 21 heavy (non-hydrogen) atoms. The highest BCUT2D eigenvalue weighted by atomic mass is 16.5. The molecule has 1 aromatic rings. The van der Waals surface area contributed by atoms with Crippen molar-refractivity contribution in [2.45, 2.75) is 45.3 Å². The van der Waals surface area contributed by atoms with Gasteiger partial charge in [0.25, 0.3) is 0 Å². The minimum atomic E-state index is -0.263. The van der Waals surface area contributed by atoms with Crippen LogP contribution in [0.25, 0.3) is 0 Å². The van der Waals surface area contributed by atoms with Crippen LogP contribution in [0.15, 0.2) is 4.52 Å². The second kappa shape index (κ2) is 7.00. The van der Waals surface area contributed by atoms with Crippen molar-refractivity contribution in [2.75, 3.05) is 26.7 Å². The van der Waals surface area contributed by atoms with E-state index in [0.717, 1.165) is 0 Å². The molecule has 0 spiro atoms. The third-order valence-electron chi connectivity index (χ3n) is 3.61. The fourth-order valence-corrected chi connectivity index (χ4v) is 2.31. The number of hydrogen-bond donors (Lipinski definition) is 1. The average Bonchev–Trinajstić information content (AvgIpc) is 2.87. The number of likely N-dealkylation sites (tertiary alicyclic amines) is 1. The monoisotopic (exact) mass is 296 g/mol. The average molecular weight is 296 g/mol. The van der Waals surface area contributed by atoms with Crippen LogP contribution >= 0.6 is 0 Å². The molecule has 2 rings (SSSR count). The zero-order chi connectivity index (χ0) is 15.4. The normalized spacial score (nSPS) is 17.0. The van der Waals surface area contributed by atoms with Gasteiger partial charge in [-0.2, -0.15) is 4.98 Å². The molecule has 2 heterocycles. The molecule has 7 nitrogen and oxygen atoms in total. The highest BCUT2D eigenvalue weighted by Gasteiger charge is 2.22. The molecule has 7 heteroatoms. The van der Waals surface area contributed by atoms with Crippen LogP contribution in [-0.4, -0.2) is 63.7 Å². The van der Waals surface area contributed by atoms with Crippen LogP contribution in [0.2, 0.25) is 0 Å². The Labute approximate surface area is 124 Å². The van der Waals surface area contributed by atoms with E-state index in [4.69, 9.17) is 4.52 Å². The van der Waals surface area contributed by atoms with E-state index in [1.165, 1.54) is 0 Å². The zero-order valence-corrected chi connectivity index (χ0v) is 12.9. The Balaban J connectivity index is 1.80. The smallest absolute Gasteiger partial charge is 0.236 e. The van der Waals surface area contributed by atoms with Gasteiger partial charge in [-0.1, -0.05) is 19.0 Å². The molecule has 0 bridgehead atoms. The third-order valence-corrected chi connectivity index (χ3v) is 3.61. The van der Waals surface area contributed by atoms with Crippen molar-refractivity contribution in [3.8, 4) is 0 Å². The predicted molar refractivity (Wildman–Crippen MR) is 76.5 cm³/mol. The van der Waals surface area contributed by atoms with Gasteiger partial charge in [0.2, 0.25) is 11.8 Å². The summed E-state index contributed by atoms with van der Waals surface area (Å²) in [5, 5.41) is 13.4. The number of aliphatic hydroxyl groups excluding tert-OH is 1. The van der Waals surface area contributed by atoms with Crippen molar-refractivity contribution in [1.29, 1.82) is 0 Å². The summed E-state index contributed by atoms with van der Waals surface area (Å²) < 4.78 is 5.15. The Morgan fingerprint density at radius 2 is 2.14 bits per heavy atom. The minimum absolute atomic E-state index is 0.0805. The number of aromatic nitrogens is 2. The van der Waals surface area contributed by atoms with Gasteiger partial charge in [-0.25, -0.2) is 0 Å². The van der Waals surface area contributed by atoms with Gasteiger partial charge in [0.05, 0.1) is 19.2 Å². The maximum atomic E-state index is 12.2. The van der Waals surface area contributed by atoms with E-state index in [-0.39, 0.29) is 17.9 Å². The molecular weight excluding hydrogens is 272 g/mol. The Hall–Kier alpha value is -1.47. The summed E-state index contributed by atoms with van der Waals surface area (Å²) in [4.78, 5) is 20.1. The Morgan fingerprint density at radius 1 is 1.48 bits per heavy atom. The van der Waals surface area contributed by atoms with Crippen LogP contribution in [0.1, 0.15) is 44.3 Å². The topological polar surface area (TPSA) is 82.7 Å². The molecule has 1 saturated heterocycles. The molecule has 118 valence electrons. The molecule has 0 aliphatic carbocycles. The summed E-state index contributed by atoms with van der Waals surface area (Å²) in [6.45, 7) is 6.06. The second-order valence-electron chi connectivity index (χ2n) is 5.99. The van der Waals surface area contributed by atoms with Gasteiger partial charge in [-0.3, -0.25) is 9.69 Å². The van der Waals surface area contributed by atoms with E-state index in [1.807, 2.05) is 25.8 Å². The highest BCUT2D eigenvalue weighted by Crippen LogP contribution is 2.12. The lowest BCUT2D eigenvalue weighted by atomic mass is 10.1. The van der Waals surface area contributed by atoms with Gasteiger partial charge in [-0.15, -0.1) is 0 Å². The van der Waals surface area contributed by atoms with Gasteiger partial charge < -0.3 is 14.5 Å². The SMILES string of the molecule is CC(C)c1nc(CN(C)CC(=O)N2CCC(O)CC2)no1. The van der Waals surface area contributed by atoms with Crippen LogP contribution in [0.3, 0.4) is 0 Å². The highest BCUT2D eigenvalue weighted by molar-refractivity contribution is 5.78. The molecule has 0 saturated carbocycles. The fraction of sp³-hybridized carbons (Fsp3) is 0.786. The van der Waals surface area contributed by atoms with Gasteiger partial charge in [0, 0.05) is 19.0 Å². The van der Waals surface area contributed by atoms with Crippen LogP contribution in [-0.2, 0) is 11.3 Å². The number of nitrogens with zero attached hydrogens (tertiary/aromatic N) is 4. The molecule has 0 radical (unpaired) electrons. The lowest BCUT2D eigenvalue weighted by Gasteiger charge is -2.30. The summed E-state index contributed by atoms with van der Waals surface area (Å²) in [5.74, 6) is 1.51. The van der Waals surface area contributed by atoms with Crippen LogP contribution in [0.4, 0.5) is 0 Å². The Bertz CT molecular complexity index is 467. The van der Waals surface area contributed by atoms with E-state index >= 15 is 0 Å². The number of hydrogen-bond acceptors (Lipinski definition) is 6. The van der Waals surface area contributed by atoms with E-state index in [9.17, 15) is 9.90 Å². The van der Waals surface area contributed by atoms with Crippen LogP contribution in [0.5, 0.6) is 0 Å². The molecule has 1 aromatic heterocycles. The third kappa shape index (κ3) is 4.50. The van der Waals surface area contributed by atoms with Gasteiger partial charge in [-0.05, 0) is 19.9 Å². The first-order chi connectivity index (χ1) is 9.95. The standard InChI is InChI=1S/C14H24N4O3/c1-10(2)14-15-12(16-21-14)8-17(3)9-13(20)18-6-4-11(19)5-7-18/h10-11,19H,4-9H2,1-3H3. The van der Waals surface area contributed by atoms with Crippen molar-refractivity contribution in [1.82, 2.24) is 19.9 Å². The van der Waals surface area contributed by atoms with Crippen molar-refractivity contribution < 1.29 is 14.4 Å². The van der Waals surface area contributed by atoms with Crippen molar-refractivity contribution >= 4 is 5.91 Å². The molecule has 1 fully saturated rings. The van der Waals surface area contributed by atoms with E-state index in [0.29, 0.717) is 50.7 Å². The zero-order valence-electron chi connectivity index (χ0n) is 12.9. The van der Waals surface area contributed by atoms with Crippen molar-refractivity contribution in [2.24, 2.45) is 0 Å². The fourth-order valence-electron chi connectivity index (χ4n) is 2.31. The maximum absolute atomic E-state index is 12.2. The molecule has 0 unspecified atom stereocenters. The Morgan fingerprint density at radius 3 is 2.71 bits per heavy atom. The molecule has 0 atom stereocenters. The number of rotatable bonds is 5. The van der Waals surface area contributed by atoms with Gasteiger partial charge in [0.15, 0.2) is 5.82 Å². The van der Waals surface area contributed by atoms with E-state index in [1.54, 1.807) is 4.90 Å². The van der Waals surface area contributed by atoms with Gasteiger partial charge >= 0.3 is 0 Å². The summed E-state index contributed by atoms with van der Waals surface area (Å²) in [5.41, 5.74) is 0. The van der Waals surface area contributed by atoms with Crippen molar-refractivity contribution in [3.05, 3.63) is 11.7 Å². The second-order valence-corrected chi connectivity index (χ2v) is 5.99.